The van der Waals surface area contributed by atoms with E-state index in [-0.39, 0.29) is 6.10 Å². The van der Waals surface area contributed by atoms with E-state index in [2.05, 4.69) is 26.1 Å². The minimum atomic E-state index is 0.157. The quantitative estimate of drug-likeness (QED) is 0.720. The maximum Gasteiger partial charge on any atom is 0.123 e. The molecule has 1 rings (SSSR count). The lowest BCUT2D eigenvalue weighted by atomic mass is 10.1. The highest BCUT2D eigenvalue weighted by Gasteiger charge is 2.04. The second kappa shape index (κ2) is 7.98. The summed E-state index contributed by atoms with van der Waals surface area (Å²) in [5, 5.41) is 3.41. The summed E-state index contributed by atoms with van der Waals surface area (Å²) in [6.07, 6.45) is 1.36. The highest BCUT2D eigenvalue weighted by Crippen LogP contribution is 2.19. The van der Waals surface area contributed by atoms with Crippen molar-refractivity contribution in [2.24, 2.45) is 5.92 Å². The van der Waals surface area contributed by atoms with E-state index in [0.717, 1.165) is 30.5 Å². The van der Waals surface area contributed by atoms with Gasteiger partial charge in [-0.1, -0.05) is 19.9 Å². The second-order valence-electron chi connectivity index (χ2n) is 4.99. The Morgan fingerprint density at radius 1 is 1.17 bits per heavy atom. The molecule has 0 amide bonds. The zero-order valence-electron chi connectivity index (χ0n) is 11.9. The summed E-state index contributed by atoms with van der Waals surface area (Å²) >= 11 is 0. The van der Waals surface area contributed by atoms with Crippen LogP contribution in [0.4, 0.5) is 0 Å². The van der Waals surface area contributed by atoms with Gasteiger partial charge in [0.15, 0.2) is 0 Å². The van der Waals surface area contributed by atoms with Crippen molar-refractivity contribution >= 4 is 0 Å². The molecule has 1 atom stereocenters. The molecule has 1 aromatic carbocycles. The Morgan fingerprint density at radius 2 is 1.89 bits per heavy atom. The lowest BCUT2D eigenvalue weighted by Crippen LogP contribution is -2.30. The van der Waals surface area contributed by atoms with Crippen molar-refractivity contribution in [1.29, 1.82) is 0 Å². The summed E-state index contributed by atoms with van der Waals surface area (Å²) in [7, 11) is 1.66. The first-order valence-corrected chi connectivity index (χ1v) is 6.63. The van der Waals surface area contributed by atoms with Crippen LogP contribution in [-0.2, 0) is 0 Å². The number of rotatable bonds is 8. The van der Waals surface area contributed by atoms with Gasteiger partial charge in [-0.2, -0.15) is 0 Å². The Labute approximate surface area is 110 Å². The molecule has 0 fully saturated rings. The van der Waals surface area contributed by atoms with E-state index in [9.17, 15) is 0 Å². The SMILES string of the molecule is COc1cccc(OC(C)CNCCC(C)C)c1. The van der Waals surface area contributed by atoms with E-state index < -0.39 is 0 Å². The Balaban J connectivity index is 2.28. The Kier molecular flexibility index (Phi) is 6.58. The van der Waals surface area contributed by atoms with Crippen LogP contribution in [0.3, 0.4) is 0 Å². The van der Waals surface area contributed by atoms with E-state index in [1.807, 2.05) is 24.3 Å². The van der Waals surface area contributed by atoms with E-state index in [1.165, 1.54) is 6.42 Å². The first-order chi connectivity index (χ1) is 8.61. The van der Waals surface area contributed by atoms with Crippen LogP contribution in [0.15, 0.2) is 24.3 Å². The maximum atomic E-state index is 5.82. The molecular formula is C15H25NO2. The minimum absolute atomic E-state index is 0.157. The van der Waals surface area contributed by atoms with Crippen LogP contribution in [0.1, 0.15) is 27.2 Å². The van der Waals surface area contributed by atoms with Crippen molar-refractivity contribution in [3.63, 3.8) is 0 Å². The van der Waals surface area contributed by atoms with Gasteiger partial charge in [-0.25, -0.2) is 0 Å². The molecule has 0 spiro atoms. The van der Waals surface area contributed by atoms with Crippen LogP contribution in [0.25, 0.3) is 0 Å². The molecule has 0 aliphatic heterocycles. The number of nitrogens with one attached hydrogen (secondary N) is 1. The summed E-state index contributed by atoms with van der Waals surface area (Å²) in [4.78, 5) is 0. The molecule has 0 aliphatic rings. The monoisotopic (exact) mass is 251 g/mol. The molecular weight excluding hydrogens is 226 g/mol. The average molecular weight is 251 g/mol. The Bertz CT molecular complexity index is 339. The molecule has 3 nitrogen and oxygen atoms in total. The minimum Gasteiger partial charge on any atom is -0.497 e. The molecule has 0 saturated heterocycles. The smallest absolute Gasteiger partial charge is 0.123 e. The van der Waals surface area contributed by atoms with Gasteiger partial charge in [0.05, 0.1) is 7.11 Å². The maximum absolute atomic E-state index is 5.82. The first-order valence-electron chi connectivity index (χ1n) is 6.63. The van der Waals surface area contributed by atoms with E-state index in [1.54, 1.807) is 7.11 Å². The molecule has 1 aromatic rings. The summed E-state index contributed by atoms with van der Waals surface area (Å²) in [5.74, 6) is 2.42. The van der Waals surface area contributed by atoms with Crippen LogP contribution in [0.5, 0.6) is 11.5 Å². The number of methoxy groups -OCH3 is 1. The van der Waals surface area contributed by atoms with Gasteiger partial charge in [-0.3, -0.25) is 0 Å². The normalized spacial score (nSPS) is 12.5. The van der Waals surface area contributed by atoms with E-state index in [4.69, 9.17) is 9.47 Å². The predicted octanol–water partition coefficient (Wildman–Crippen LogP) is 3.10. The van der Waals surface area contributed by atoms with Gasteiger partial charge in [0.2, 0.25) is 0 Å². The molecule has 18 heavy (non-hydrogen) atoms. The van der Waals surface area contributed by atoms with Crippen molar-refractivity contribution in [3.8, 4) is 11.5 Å². The fraction of sp³-hybridized carbons (Fsp3) is 0.600. The second-order valence-corrected chi connectivity index (χ2v) is 4.99. The lowest BCUT2D eigenvalue weighted by molar-refractivity contribution is 0.215. The highest BCUT2D eigenvalue weighted by molar-refractivity contribution is 5.32. The Hall–Kier alpha value is -1.22. The third-order valence-electron chi connectivity index (χ3n) is 2.71. The van der Waals surface area contributed by atoms with Gasteiger partial charge in [-0.05, 0) is 37.9 Å². The zero-order chi connectivity index (χ0) is 13.4. The lowest BCUT2D eigenvalue weighted by Gasteiger charge is -2.16. The molecule has 0 radical (unpaired) electrons. The fourth-order valence-electron chi connectivity index (χ4n) is 1.64. The largest absolute Gasteiger partial charge is 0.497 e. The van der Waals surface area contributed by atoms with Gasteiger partial charge in [0.25, 0.3) is 0 Å². The predicted molar refractivity (Wildman–Crippen MR) is 75.4 cm³/mol. The van der Waals surface area contributed by atoms with E-state index >= 15 is 0 Å². The molecule has 0 saturated carbocycles. The number of hydrogen-bond donors (Lipinski definition) is 1. The van der Waals surface area contributed by atoms with Gasteiger partial charge in [-0.15, -0.1) is 0 Å². The highest BCUT2D eigenvalue weighted by atomic mass is 16.5. The molecule has 1 N–H and O–H groups in total. The summed E-state index contributed by atoms with van der Waals surface area (Å²) in [6, 6.07) is 7.71. The summed E-state index contributed by atoms with van der Waals surface area (Å²) in [5.41, 5.74) is 0. The van der Waals surface area contributed by atoms with Crippen molar-refractivity contribution < 1.29 is 9.47 Å². The molecule has 0 bridgehead atoms. The topological polar surface area (TPSA) is 30.5 Å². The Morgan fingerprint density at radius 3 is 2.56 bits per heavy atom. The third kappa shape index (κ3) is 5.92. The summed E-state index contributed by atoms with van der Waals surface area (Å²) < 4.78 is 11.0. The van der Waals surface area contributed by atoms with Crippen LogP contribution in [0, 0.1) is 5.92 Å². The van der Waals surface area contributed by atoms with Crippen molar-refractivity contribution in [2.75, 3.05) is 20.2 Å². The van der Waals surface area contributed by atoms with Crippen molar-refractivity contribution in [1.82, 2.24) is 5.32 Å². The zero-order valence-corrected chi connectivity index (χ0v) is 11.9. The molecule has 0 heterocycles. The number of ether oxygens (including phenoxy) is 2. The first kappa shape index (κ1) is 14.8. The average Bonchev–Trinajstić information content (AvgIpc) is 2.34. The molecule has 1 unspecified atom stereocenters. The standard InChI is InChI=1S/C15H25NO2/c1-12(2)8-9-16-11-13(3)18-15-7-5-6-14(10-15)17-4/h5-7,10,12-13,16H,8-9,11H2,1-4H3. The molecule has 102 valence electrons. The van der Waals surface area contributed by atoms with Crippen LogP contribution in [-0.4, -0.2) is 26.3 Å². The number of hydrogen-bond acceptors (Lipinski definition) is 3. The fourth-order valence-corrected chi connectivity index (χ4v) is 1.64. The van der Waals surface area contributed by atoms with Gasteiger partial charge in [0, 0.05) is 12.6 Å². The van der Waals surface area contributed by atoms with Gasteiger partial charge < -0.3 is 14.8 Å². The van der Waals surface area contributed by atoms with Crippen molar-refractivity contribution in [2.45, 2.75) is 33.3 Å². The molecule has 3 heteroatoms. The van der Waals surface area contributed by atoms with Gasteiger partial charge >= 0.3 is 0 Å². The number of benzene rings is 1. The summed E-state index contributed by atoms with van der Waals surface area (Å²) in [6.45, 7) is 8.45. The van der Waals surface area contributed by atoms with Crippen LogP contribution >= 0.6 is 0 Å². The van der Waals surface area contributed by atoms with Crippen molar-refractivity contribution in [3.05, 3.63) is 24.3 Å². The molecule has 0 aromatic heterocycles. The van der Waals surface area contributed by atoms with Crippen LogP contribution < -0.4 is 14.8 Å². The third-order valence-corrected chi connectivity index (χ3v) is 2.71. The van der Waals surface area contributed by atoms with E-state index in [0.29, 0.717) is 0 Å². The van der Waals surface area contributed by atoms with Crippen LogP contribution in [0.2, 0.25) is 0 Å². The molecule has 0 aliphatic carbocycles. The van der Waals surface area contributed by atoms with Gasteiger partial charge in [0.1, 0.15) is 17.6 Å².